The standard InChI is InChI=1S/C21H20FN3O3/c1-27-18-8-3-2-6-16(18)21(26)25-13-5-4-7-17(25)20-23-19(24-28-20)14-9-11-15(22)12-10-14/h2-3,6,8-12,17H,4-5,7,13H2,1H3. The fraction of sp³-hybridized carbons (Fsp3) is 0.286. The number of hydrogen-bond donors (Lipinski definition) is 0. The predicted octanol–water partition coefficient (Wildman–Crippen LogP) is 4.25. The molecule has 1 saturated heterocycles. The lowest BCUT2D eigenvalue weighted by atomic mass is 10.0. The summed E-state index contributed by atoms with van der Waals surface area (Å²) >= 11 is 0. The monoisotopic (exact) mass is 381 g/mol. The first-order valence-corrected chi connectivity index (χ1v) is 9.21. The molecular weight excluding hydrogens is 361 g/mol. The number of ether oxygens (including phenoxy) is 1. The number of carbonyl (C=O) groups is 1. The number of benzene rings is 2. The minimum Gasteiger partial charge on any atom is -0.496 e. The van der Waals surface area contributed by atoms with Crippen LogP contribution in [0.25, 0.3) is 11.4 Å². The molecule has 2 heterocycles. The van der Waals surface area contributed by atoms with Crippen LogP contribution in [-0.2, 0) is 0 Å². The third kappa shape index (κ3) is 3.47. The summed E-state index contributed by atoms with van der Waals surface area (Å²) in [7, 11) is 1.55. The maximum atomic E-state index is 13.2. The Morgan fingerprint density at radius 1 is 1.18 bits per heavy atom. The van der Waals surface area contributed by atoms with Gasteiger partial charge in [-0.1, -0.05) is 17.3 Å². The summed E-state index contributed by atoms with van der Waals surface area (Å²) in [5.74, 6) is 0.860. The second-order valence-electron chi connectivity index (χ2n) is 6.67. The van der Waals surface area contributed by atoms with Crippen molar-refractivity contribution in [2.75, 3.05) is 13.7 Å². The number of rotatable bonds is 4. The summed E-state index contributed by atoms with van der Waals surface area (Å²) < 4.78 is 24.0. The van der Waals surface area contributed by atoms with Gasteiger partial charge in [-0.15, -0.1) is 0 Å². The van der Waals surface area contributed by atoms with Gasteiger partial charge in [0.05, 0.1) is 12.7 Å². The number of carbonyl (C=O) groups excluding carboxylic acids is 1. The first kappa shape index (κ1) is 18.2. The molecule has 1 amide bonds. The first-order chi connectivity index (χ1) is 13.7. The largest absolute Gasteiger partial charge is 0.496 e. The highest BCUT2D eigenvalue weighted by molar-refractivity contribution is 5.97. The van der Waals surface area contributed by atoms with Gasteiger partial charge in [0.2, 0.25) is 11.7 Å². The zero-order valence-electron chi connectivity index (χ0n) is 15.5. The molecule has 4 rings (SSSR count). The SMILES string of the molecule is COc1ccccc1C(=O)N1CCCCC1c1nc(-c2ccc(F)cc2)no1. The molecule has 2 aromatic carbocycles. The van der Waals surface area contributed by atoms with Crippen molar-refractivity contribution in [2.45, 2.75) is 25.3 Å². The van der Waals surface area contributed by atoms with Crippen LogP contribution < -0.4 is 4.74 Å². The average molecular weight is 381 g/mol. The van der Waals surface area contributed by atoms with Crippen LogP contribution in [-0.4, -0.2) is 34.6 Å². The van der Waals surface area contributed by atoms with E-state index in [1.165, 1.54) is 12.1 Å². The average Bonchev–Trinajstić information content (AvgIpc) is 3.24. The lowest BCUT2D eigenvalue weighted by molar-refractivity contribution is 0.0558. The molecule has 0 radical (unpaired) electrons. The second kappa shape index (κ2) is 7.80. The van der Waals surface area contributed by atoms with Gasteiger partial charge in [0, 0.05) is 12.1 Å². The van der Waals surface area contributed by atoms with Crippen LogP contribution in [0, 0.1) is 5.82 Å². The number of halogens is 1. The van der Waals surface area contributed by atoms with E-state index in [9.17, 15) is 9.18 Å². The number of nitrogens with zero attached hydrogens (tertiary/aromatic N) is 3. The number of para-hydroxylation sites is 1. The lowest BCUT2D eigenvalue weighted by Gasteiger charge is -2.33. The molecule has 6 nitrogen and oxygen atoms in total. The van der Waals surface area contributed by atoms with Crippen LogP contribution >= 0.6 is 0 Å². The summed E-state index contributed by atoms with van der Waals surface area (Å²) in [6.45, 7) is 0.607. The van der Waals surface area contributed by atoms with Crippen molar-refractivity contribution in [1.29, 1.82) is 0 Å². The van der Waals surface area contributed by atoms with E-state index in [1.54, 1.807) is 36.3 Å². The summed E-state index contributed by atoms with van der Waals surface area (Å²) in [6.07, 6.45) is 2.62. The summed E-state index contributed by atoms with van der Waals surface area (Å²) in [6, 6.07) is 12.8. The Morgan fingerprint density at radius 2 is 1.96 bits per heavy atom. The molecule has 7 heteroatoms. The van der Waals surface area contributed by atoms with Crippen molar-refractivity contribution in [3.8, 4) is 17.1 Å². The van der Waals surface area contributed by atoms with Gasteiger partial charge in [-0.05, 0) is 55.7 Å². The van der Waals surface area contributed by atoms with E-state index < -0.39 is 0 Å². The number of methoxy groups -OCH3 is 1. The van der Waals surface area contributed by atoms with Crippen molar-refractivity contribution in [3.05, 3.63) is 65.8 Å². The number of aromatic nitrogens is 2. The molecule has 0 bridgehead atoms. The Morgan fingerprint density at radius 3 is 2.75 bits per heavy atom. The van der Waals surface area contributed by atoms with Crippen molar-refractivity contribution in [1.82, 2.24) is 15.0 Å². The number of piperidine rings is 1. The van der Waals surface area contributed by atoms with Crippen LogP contribution in [0.15, 0.2) is 53.1 Å². The Hall–Kier alpha value is -3.22. The molecule has 1 aromatic heterocycles. The lowest BCUT2D eigenvalue weighted by Crippen LogP contribution is -2.38. The van der Waals surface area contributed by atoms with Gasteiger partial charge < -0.3 is 14.2 Å². The molecule has 0 saturated carbocycles. The third-order valence-corrected chi connectivity index (χ3v) is 4.93. The third-order valence-electron chi connectivity index (χ3n) is 4.93. The summed E-state index contributed by atoms with van der Waals surface area (Å²) in [5, 5.41) is 4.02. The van der Waals surface area contributed by atoms with Gasteiger partial charge in [-0.25, -0.2) is 4.39 Å². The summed E-state index contributed by atoms with van der Waals surface area (Å²) in [4.78, 5) is 19.4. The highest BCUT2D eigenvalue weighted by Gasteiger charge is 2.33. The van der Waals surface area contributed by atoms with E-state index in [1.807, 2.05) is 12.1 Å². The van der Waals surface area contributed by atoms with E-state index >= 15 is 0 Å². The molecule has 1 atom stereocenters. The van der Waals surface area contributed by atoms with E-state index in [0.29, 0.717) is 35.1 Å². The van der Waals surface area contributed by atoms with Crippen LogP contribution in [0.3, 0.4) is 0 Å². The van der Waals surface area contributed by atoms with Gasteiger partial charge in [0.15, 0.2) is 0 Å². The van der Waals surface area contributed by atoms with Gasteiger partial charge in [0.25, 0.3) is 5.91 Å². The Kier molecular flexibility index (Phi) is 5.06. The molecule has 1 aliphatic heterocycles. The zero-order chi connectivity index (χ0) is 19.5. The maximum absolute atomic E-state index is 13.2. The minimum absolute atomic E-state index is 0.122. The summed E-state index contributed by atoms with van der Waals surface area (Å²) in [5.41, 5.74) is 1.17. The van der Waals surface area contributed by atoms with E-state index in [-0.39, 0.29) is 17.8 Å². The van der Waals surface area contributed by atoms with Gasteiger partial charge in [0.1, 0.15) is 17.6 Å². The first-order valence-electron chi connectivity index (χ1n) is 9.21. The molecule has 0 spiro atoms. The van der Waals surface area contributed by atoms with Crippen LogP contribution in [0.1, 0.15) is 41.6 Å². The molecule has 3 aromatic rings. The number of hydrogen-bond acceptors (Lipinski definition) is 5. The van der Waals surface area contributed by atoms with Gasteiger partial charge in [-0.2, -0.15) is 4.98 Å². The molecular formula is C21H20FN3O3. The molecule has 0 N–H and O–H groups in total. The van der Waals surface area contributed by atoms with Crippen molar-refractivity contribution >= 4 is 5.91 Å². The highest BCUT2D eigenvalue weighted by Crippen LogP contribution is 2.33. The quantitative estimate of drug-likeness (QED) is 0.676. The van der Waals surface area contributed by atoms with Crippen LogP contribution in [0.5, 0.6) is 5.75 Å². The minimum atomic E-state index is -0.326. The van der Waals surface area contributed by atoms with Crippen molar-refractivity contribution in [3.63, 3.8) is 0 Å². The molecule has 28 heavy (non-hydrogen) atoms. The topological polar surface area (TPSA) is 68.5 Å². The van der Waals surface area contributed by atoms with Crippen LogP contribution in [0.4, 0.5) is 4.39 Å². The van der Waals surface area contributed by atoms with Gasteiger partial charge >= 0.3 is 0 Å². The Balaban J connectivity index is 1.62. The zero-order valence-corrected chi connectivity index (χ0v) is 15.5. The Labute approximate surface area is 161 Å². The normalized spacial score (nSPS) is 16.8. The predicted molar refractivity (Wildman–Crippen MR) is 100 cm³/mol. The smallest absolute Gasteiger partial charge is 0.258 e. The fourth-order valence-electron chi connectivity index (χ4n) is 3.49. The van der Waals surface area contributed by atoms with E-state index in [2.05, 4.69) is 10.1 Å². The Bertz CT molecular complexity index is 971. The highest BCUT2D eigenvalue weighted by atomic mass is 19.1. The van der Waals surface area contributed by atoms with Crippen molar-refractivity contribution in [2.24, 2.45) is 0 Å². The van der Waals surface area contributed by atoms with E-state index in [0.717, 1.165) is 19.3 Å². The molecule has 144 valence electrons. The maximum Gasteiger partial charge on any atom is 0.258 e. The molecule has 1 fully saturated rings. The van der Waals surface area contributed by atoms with Crippen molar-refractivity contribution < 1.29 is 18.4 Å². The second-order valence-corrected chi connectivity index (χ2v) is 6.67. The fourth-order valence-corrected chi connectivity index (χ4v) is 3.49. The molecule has 1 unspecified atom stereocenters. The number of likely N-dealkylation sites (tertiary alicyclic amines) is 1. The molecule has 1 aliphatic rings. The van der Waals surface area contributed by atoms with Gasteiger partial charge in [-0.3, -0.25) is 4.79 Å². The van der Waals surface area contributed by atoms with E-state index in [4.69, 9.17) is 9.26 Å². The number of amides is 1. The molecule has 0 aliphatic carbocycles. The van der Waals surface area contributed by atoms with Crippen LogP contribution in [0.2, 0.25) is 0 Å².